The second-order valence-corrected chi connectivity index (χ2v) is 8.30. The van der Waals surface area contributed by atoms with Crippen LogP contribution in [-0.4, -0.2) is 35.5 Å². The summed E-state index contributed by atoms with van der Waals surface area (Å²) >= 11 is 17.7. The number of hydrogen-bond acceptors (Lipinski definition) is 4. The summed E-state index contributed by atoms with van der Waals surface area (Å²) in [7, 11) is 0. The Balaban J connectivity index is 1.70. The highest BCUT2D eigenvalue weighted by Crippen LogP contribution is 2.31. The molecule has 0 spiro atoms. The summed E-state index contributed by atoms with van der Waals surface area (Å²) in [4.78, 5) is 14.2. The van der Waals surface area contributed by atoms with Gasteiger partial charge in [-0.3, -0.25) is 4.79 Å². The maximum Gasteiger partial charge on any atom is 0.220 e. The number of ether oxygens (including phenoxy) is 2. The van der Waals surface area contributed by atoms with Crippen LogP contribution in [0, 0.1) is 5.92 Å². The van der Waals surface area contributed by atoms with Gasteiger partial charge in [0, 0.05) is 24.6 Å². The van der Waals surface area contributed by atoms with Gasteiger partial charge in [-0.25, -0.2) is 0 Å². The van der Waals surface area contributed by atoms with Crippen LogP contribution in [0.3, 0.4) is 0 Å². The molecule has 1 fully saturated rings. The number of primary amides is 1. The number of hydrogen-bond donors (Lipinski definition) is 1. The fourth-order valence-electron chi connectivity index (χ4n) is 3.37. The Hall–Kier alpha value is -2.02. The van der Waals surface area contributed by atoms with E-state index in [2.05, 4.69) is 4.90 Å². The van der Waals surface area contributed by atoms with Crippen LogP contribution in [0.25, 0.3) is 0 Å². The van der Waals surface area contributed by atoms with Crippen molar-refractivity contribution in [2.75, 3.05) is 19.7 Å². The van der Waals surface area contributed by atoms with Crippen molar-refractivity contribution in [2.45, 2.75) is 26.4 Å². The molecule has 1 aliphatic heterocycles. The van der Waals surface area contributed by atoms with Crippen LogP contribution in [0.2, 0.25) is 10.0 Å². The number of carbonyl (C=O) groups excluding carboxylic acids is 1. The Kier molecular flexibility index (Phi) is 7.81. The van der Waals surface area contributed by atoms with Crippen LogP contribution in [0.15, 0.2) is 36.4 Å². The summed E-state index contributed by atoms with van der Waals surface area (Å²) in [5, 5.41) is 0.997. The molecule has 0 aromatic heterocycles. The smallest absolute Gasteiger partial charge is 0.220 e. The van der Waals surface area contributed by atoms with E-state index in [0.29, 0.717) is 47.8 Å². The van der Waals surface area contributed by atoms with Gasteiger partial charge in [-0.15, -0.1) is 0 Å². The molecule has 0 bridgehead atoms. The number of piperidine rings is 1. The highest BCUT2D eigenvalue weighted by molar-refractivity contribution is 7.80. The number of halogens is 2. The molecular weight excluding hydrogens is 443 g/mol. The molecule has 30 heavy (non-hydrogen) atoms. The molecule has 0 aliphatic carbocycles. The van der Waals surface area contributed by atoms with E-state index >= 15 is 0 Å². The van der Waals surface area contributed by atoms with Gasteiger partial charge < -0.3 is 20.1 Å². The van der Waals surface area contributed by atoms with Crippen molar-refractivity contribution in [3.63, 3.8) is 0 Å². The molecule has 1 aliphatic rings. The first kappa shape index (κ1) is 22.7. The van der Waals surface area contributed by atoms with E-state index in [4.69, 9.17) is 50.6 Å². The van der Waals surface area contributed by atoms with E-state index in [1.54, 1.807) is 12.1 Å². The predicted octanol–water partition coefficient (Wildman–Crippen LogP) is 4.84. The minimum absolute atomic E-state index is 0.0693. The van der Waals surface area contributed by atoms with Crippen molar-refractivity contribution in [2.24, 2.45) is 11.7 Å². The molecule has 2 aromatic carbocycles. The lowest BCUT2D eigenvalue weighted by Gasteiger charge is -2.32. The summed E-state index contributed by atoms with van der Waals surface area (Å²) in [6, 6.07) is 11.1. The Labute approximate surface area is 192 Å². The van der Waals surface area contributed by atoms with Crippen molar-refractivity contribution >= 4 is 46.3 Å². The van der Waals surface area contributed by atoms with E-state index < -0.39 is 0 Å². The predicted molar refractivity (Wildman–Crippen MR) is 124 cm³/mol. The number of amides is 1. The highest BCUT2D eigenvalue weighted by Gasteiger charge is 2.25. The van der Waals surface area contributed by atoms with Gasteiger partial charge in [0.2, 0.25) is 5.91 Å². The van der Waals surface area contributed by atoms with E-state index in [-0.39, 0.29) is 11.8 Å². The van der Waals surface area contributed by atoms with Crippen molar-refractivity contribution < 1.29 is 14.3 Å². The minimum Gasteiger partial charge on any atom is -0.490 e. The largest absolute Gasteiger partial charge is 0.490 e. The van der Waals surface area contributed by atoms with Gasteiger partial charge >= 0.3 is 0 Å². The van der Waals surface area contributed by atoms with Gasteiger partial charge in [-0.05, 0) is 55.7 Å². The van der Waals surface area contributed by atoms with Gasteiger partial charge in [0.15, 0.2) is 11.5 Å². The third kappa shape index (κ3) is 5.56. The highest BCUT2D eigenvalue weighted by atomic mass is 35.5. The fraction of sp³-hybridized carbons (Fsp3) is 0.364. The first-order chi connectivity index (χ1) is 14.4. The molecule has 160 valence electrons. The van der Waals surface area contributed by atoms with Gasteiger partial charge in [-0.1, -0.05) is 41.5 Å². The standard InChI is InChI=1S/C22H24Cl2N2O3S/c1-2-28-20-12-16(22(30)26-9-7-15(8-10-26)21(25)27)4-6-19(20)29-13-14-3-5-17(23)18(24)11-14/h3-6,11-12,15H,2,7-10,13H2,1H3,(H2,25,27). The number of thiocarbonyl (C=S) groups is 1. The lowest BCUT2D eigenvalue weighted by Crippen LogP contribution is -2.41. The third-order valence-electron chi connectivity index (χ3n) is 5.05. The molecule has 5 nitrogen and oxygen atoms in total. The normalized spacial score (nSPS) is 14.4. The molecule has 2 aromatic rings. The average Bonchev–Trinajstić information content (AvgIpc) is 2.75. The maximum atomic E-state index is 11.4. The molecule has 0 radical (unpaired) electrons. The zero-order valence-corrected chi connectivity index (χ0v) is 19.0. The van der Waals surface area contributed by atoms with E-state index in [0.717, 1.165) is 29.0 Å². The van der Waals surface area contributed by atoms with E-state index in [1.807, 2.05) is 31.2 Å². The summed E-state index contributed by atoms with van der Waals surface area (Å²) in [6.45, 7) is 4.19. The number of likely N-dealkylation sites (tertiary alicyclic amines) is 1. The SMILES string of the molecule is CCOc1cc(C(=S)N2CCC(C(N)=O)CC2)ccc1OCc1ccc(Cl)c(Cl)c1. The quantitative estimate of drug-likeness (QED) is 0.591. The zero-order valence-electron chi connectivity index (χ0n) is 16.7. The molecule has 2 N–H and O–H groups in total. The second-order valence-electron chi connectivity index (χ2n) is 7.10. The van der Waals surface area contributed by atoms with Crippen LogP contribution < -0.4 is 15.2 Å². The minimum atomic E-state index is -0.234. The first-order valence-corrected chi connectivity index (χ1v) is 11.0. The monoisotopic (exact) mass is 466 g/mol. The third-order valence-corrected chi connectivity index (χ3v) is 6.29. The van der Waals surface area contributed by atoms with Gasteiger partial charge in [-0.2, -0.15) is 0 Å². The second kappa shape index (κ2) is 10.3. The Morgan fingerprint density at radius 1 is 1.10 bits per heavy atom. The van der Waals surface area contributed by atoms with Crippen LogP contribution in [0.4, 0.5) is 0 Å². The molecule has 1 heterocycles. The van der Waals surface area contributed by atoms with Crippen LogP contribution in [-0.2, 0) is 11.4 Å². The molecule has 0 atom stereocenters. The number of nitrogens with zero attached hydrogens (tertiary/aromatic N) is 1. The van der Waals surface area contributed by atoms with E-state index in [9.17, 15) is 4.79 Å². The van der Waals surface area contributed by atoms with Gasteiger partial charge in [0.05, 0.1) is 16.7 Å². The number of benzene rings is 2. The molecule has 1 saturated heterocycles. The Morgan fingerprint density at radius 3 is 2.47 bits per heavy atom. The van der Waals surface area contributed by atoms with Crippen molar-refractivity contribution in [3.05, 3.63) is 57.6 Å². The van der Waals surface area contributed by atoms with Crippen LogP contribution >= 0.6 is 35.4 Å². The van der Waals surface area contributed by atoms with Crippen LogP contribution in [0.5, 0.6) is 11.5 Å². The molecule has 8 heteroatoms. The average molecular weight is 467 g/mol. The summed E-state index contributed by atoms with van der Waals surface area (Å²) < 4.78 is 11.7. The summed E-state index contributed by atoms with van der Waals surface area (Å²) in [5.74, 6) is 0.953. The fourth-order valence-corrected chi connectivity index (χ4v) is 4.00. The topological polar surface area (TPSA) is 64.8 Å². The van der Waals surface area contributed by atoms with Gasteiger partial charge in [0.25, 0.3) is 0 Å². The zero-order chi connectivity index (χ0) is 21.7. The first-order valence-electron chi connectivity index (χ1n) is 9.81. The molecule has 3 rings (SSSR count). The lowest BCUT2D eigenvalue weighted by atomic mass is 9.96. The molecule has 1 amide bonds. The Morgan fingerprint density at radius 2 is 1.83 bits per heavy atom. The number of rotatable bonds is 7. The molecule has 0 saturated carbocycles. The maximum absolute atomic E-state index is 11.4. The molecular formula is C22H24Cl2N2O3S. The molecule has 0 unspecified atom stereocenters. The van der Waals surface area contributed by atoms with Crippen LogP contribution in [0.1, 0.15) is 30.9 Å². The van der Waals surface area contributed by atoms with Crippen molar-refractivity contribution in [3.8, 4) is 11.5 Å². The number of nitrogens with two attached hydrogens (primary N) is 1. The van der Waals surface area contributed by atoms with E-state index in [1.165, 1.54) is 0 Å². The summed E-state index contributed by atoms with van der Waals surface area (Å²) in [5.41, 5.74) is 7.21. The Bertz CT molecular complexity index is 931. The summed E-state index contributed by atoms with van der Waals surface area (Å²) in [6.07, 6.45) is 1.44. The number of carbonyl (C=O) groups is 1. The van der Waals surface area contributed by atoms with Crippen molar-refractivity contribution in [1.82, 2.24) is 4.90 Å². The van der Waals surface area contributed by atoms with Crippen molar-refractivity contribution in [1.29, 1.82) is 0 Å². The lowest BCUT2D eigenvalue weighted by molar-refractivity contribution is -0.122. The van der Waals surface area contributed by atoms with Gasteiger partial charge in [0.1, 0.15) is 11.6 Å².